The zero-order valence-electron chi connectivity index (χ0n) is 17.6. The zero-order valence-corrected chi connectivity index (χ0v) is 17.6. The van der Waals surface area contributed by atoms with Crippen molar-refractivity contribution in [3.63, 3.8) is 0 Å². The third-order valence-electron chi connectivity index (χ3n) is 5.06. The van der Waals surface area contributed by atoms with E-state index in [1.807, 2.05) is 13.8 Å². The van der Waals surface area contributed by atoms with Crippen molar-refractivity contribution in [1.82, 2.24) is 0 Å². The van der Waals surface area contributed by atoms with Crippen LogP contribution >= 0.6 is 0 Å². The van der Waals surface area contributed by atoms with E-state index in [1.54, 1.807) is 0 Å². The Bertz CT molecular complexity index is 271. The molecule has 0 aromatic carbocycles. The maximum absolute atomic E-state index is 10.4. The Kier molecular flexibility index (Phi) is 17.2. The van der Waals surface area contributed by atoms with Gasteiger partial charge in [0.2, 0.25) is 0 Å². The Morgan fingerprint density at radius 3 is 1.60 bits per heavy atom. The lowest BCUT2D eigenvalue weighted by atomic mass is 9.98. The summed E-state index contributed by atoms with van der Waals surface area (Å²) in [6, 6.07) is -0.0743. The van der Waals surface area contributed by atoms with Gasteiger partial charge in [0.15, 0.2) is 0 Å². The monoisotopic (exact) mass is 357 g/mol. The van der Waals surface area contributed by atoms with Crippen molar-refractivity contribution in [2.75, 3.05) is 0 Å². The average Bonchev–Trinajstić information content (AvgIpc) is 2.59. The number of rotatable bonds is 18. The van der Waals surface area contributed by atoms with Crippen LogP contribution in [-0.2, 0) is 4.74 Å². The summed E-state index contributed by atoms with van der Waals surface area (Å²) in [4.78, 5) is 0. The van der Waals surface area contributed by atoms with Gasteiger partial charge in [0.1, 0.15) is 0 Å². The maximum Gasteiger partial charge on any atom is 0.0987 e. The van der Waals surface area contributed by atoms with Crippen molar-refractivity contribution >= 4 is 0 Å². The molecule has 0 aliphatic carbocycles. The highest BCUT2D eigenvalue weighted by Crippen LogP contribution is 2.17. The number of hydrogen-bond donors (Lipinski definition) is 2. The molecule has 0 unspecified atom stereocenters. The van der Waals surface area contributed by atoms with Crippen LogP contribution < -0.4 is 5.73 Å². The topological polar surface area (TPSA) is 55.5 Å². The van der Waals surface area contributed by atoms with Gasteiger partial charge < -0.3 is 15.6 Å². The minimum Gasteiger partial charge on any atom is -0.390 e. The quantitative estimate of drug-likeness (QED) is 0.297. The molecule has 3 atom stereocenters. The first kappa shape index (κ1) is 24.9. The Morgan fingerprint density at radius 1 is 0.760 bits per heavy atom. The molecule has 3 N–H and O–H groups in total. The Morgan fingerprint density at radius 2 is 1.20 bits per heavy atom. The lowest BCUT2D eigenvalue weighted by Gasteiger charge is -2.29. The van der Waals surface area contributed by atoms with E-state index in [0.29, 0.717) is 0 Å². The van der Waals surface area contributed by atoms with E-state index in [9.17, 15) is 5.11 Å². The fraction of sp³-hybridized carbons (Fsp3) is 1.00. The van der Waals surface area contributed by atoms with Gasteiger partial charge in [0.05, 0.1) is 18.3 Å². The lowest BCUT2D eigenvalue weighted by Crippen LogP contribution is -2.45. The van der Waals surface area contributed by atoms with Crippen LogP contribution in [0.1, 0.15) is 118 Å². The van der Waals surface area contributed by atoms with Crippen LogP contribution in [0.5, 0.6) is 0 Å². The molecule has 0 aromatic rings. The molecule has 0 radical (unpaired) electrons. The van der Waals surface area contributed by atoms with Crippen molar-refractivity contribution in [3.8, 4) is 0 Å². The van der Waals surface area contributed by atoms with Crippen molar-refractivity contribution < 1.29 is 9.84 Å². The minimum absolute atomic E-state index is 0.0743. The first-order chi connectivity index (χ1) is 12.0. The molecule has 0 spiro atoms. The second-order valence-corrected chi connectivity index (χ2v) is 7.97. The predicted octanol–water partition coefficient (Wildman–Crippen LogP) is 5.97. The molecule has 0 bridgehead atoms. The molecule has 3 nitrogen and oxygen atoms in total. The van der Waals surface area contributed by atoms with Crippen molar-refractivity contribution in [2.24, 2.45) is 5.73 Å². The van der Waals surface area contributed by atoms with Gasteiger partial charge in [-0.25, -0.2) is 0 Å². The number of aliphatic hydroxyl groups excluding tert-OH is 1. The van der Waals surface area contributed by atoms with Gasteiger partial charge >= 0.3 is 0 Å². The molecule has 0 saturated heterocycles. The highest BCUT2D eigenvalue weighted by molar-refractivity contribution is 4.80. The van der Waals surface area contributed by atoms with Crippen LogP contribution in [0.25, 0.3) is 0 Å². The third kappa shape index (κ3) is 14.7. The molecule has 3 heteroatoms. The molecule has 25 heavy (non-hydrogen) atoms. The van der Waals surface area contributed by atoms with Crippen LogP contribution in [0.3, 0.4) is 0 Å². The lowest BCUT2D eigenvalue weighted by molar-refractivity contribution is -0.0797. The van der Waals surface area contributed by atoms with Gasteiger partial charge in [-0.2, -0.15) is 0 Å². The van der Waals surface area contributed by atoms with Crippen molar-refractivity contribution in [2.45, 2.75) is 142 Å². The summed E-state index contributed by atoms with van der Waals surface area (Å²) in [5.41, 5.74) is 6.12. The molecule has 0 saturated carbocycles. The van der Waals surface area contributed by atoms with Gasteiger partial charge in [-0.3, -0.25) is 0 Å². The maximum atomic E-state index is 10.4. The van der Waals surface area contributed by atoms with E-state index in [1.165, 1.54) is 70.6 Å². The fourth-order valence-corrected chi connectivity index (χ4v) is 3.38. The molecule has 0 heterocycles. The number of hydrogen-bond acceptors (Lipinski definition) is 3. The molecule has 0 rings (SSSR count). The summed E-state index contributed by atoms with van der Waals surface area (Å²) in [6.45, 7) is 8.34. The smallest absolute Gasteiger partial charge is 0.0987 e. The highest BCUT2D eigenvalue weighted by atomic mass is 16.5. The summed E-state index contributed by atoms with van der Waals surface area (Å²) in [5.74, 6) is 0. The van der Waals surface area contributed by atoms with E-state index in [4.69, 9.17) is 10.5 Å². The number of ether oxygens (including phenoxy) is 1. The number of nitrogens with two attached hydrogens (primary N) is 1. The van der Waals surface area contributed by atoms with Gasteiger partial charge in [-0.1, -0.05) is 90.9 Å². The Balaban J connectivity index is 3.59. The molecular weight excluding hydrogens is 310 g/mol. The number of unbranched alkanes of at least 4 members (excludes halogenated alkanes) is 11. The first-order valence-corrected chi connectivity index (χ1v) is 11.1. The second kappa shape index (κ2) is 17.3. The molecule has 0 aliphatic heterocycles. The van der Waals surface area contributed by atoms with Gasteiger partial charge in [-0.05, 0) is 26.7 Å². The van der Waals surface area contributed by atoms with Crippen LogP contribution in [-0.4, -0.2) is 29.5 Å². The normalized spacial score (nSPS) is 15.5. The molecule has 0 aromatic heterocycles. The molecular formula is C22H47NO2. The van der Waals surface area contributed by atoms with Crippen molar-refractivity contribution in [3.05, 3.63) is 0 Å². The van der Waals surface area contributed by atoms with E-state index in [0.717, 1.165) is 19.3 Å². The molecule has 0 aliphatic rings. The zero-order chi connectivity index (χ0) is 18.9. The number of aliphatic hydroxyl groups is 1. The Labute approximate surface area is 158 Å². The van der Waals surface area contributed by atoms with E-state index in [-0.39, 0.29) is 18.2 Å². The van der Waals surface area contributed by atoms with Gasteiger partial charge in [0.25, 0.3) is 0 Å². The van der Waals surface area contributed by atoms with Gasteiger partial charge in [0, 0.05) is 6.04 Å². The van der Waals surface area contributed by atoms with Crippen LogP contribution in [0.4, 0.5) is 0 Å². The standard InChI is InChI=1S/C22H47NO2/c1-5-7-8-9-10-11-12-13-14-15-16-17-18-21(24)22(20(23)6-2)25-19(3)4/h19-22,24H,5-18,23H2,1-4H3/t20-,21+,22-/m1/s1. The van der Waals surface area contributed by atoms with Crippen LogP contribution in [0.15, 0.2) is 0 Å². The summed E-state index contributed by atoms with van der Waals surface area (Å²) in [7, 11) is 0. The molecule has 0 fully saturated rings. The second-order valence-electron chi connectivity index (χ2n) is 7.97. The summed E-state index contributed by atoms with van der Waals surface area (Å²) in [5, 5.41) is 10.4. The molecule has 152 valence electrons. The van der Waals surface area contributed by atoms with Crippen molar-refractivity contribution in [1.29, 1.82) is 0 Å². The SMILES string of the molecule is CCCCCCCCCCCCCC[C@H](O)[C@H](OC(C)C)[C@H](N)CC. The predicted molar refractivity (Wildman–Crippen MR) is 110 cm³/mol. The minimum atomic E-state index is -0.430. The largest absolute Gasteiger partial charge is 0.390 e. The Hall–Kier alpha value is -0.120. The van der Waals surface area contributed by atoms with Gasteiger partial charge in [-0.15, -0.1) is 0 Å². The molecule has 0 amide bonds. The average molecular weight is 358 g/mol. The van der Waals surface area contributed by atoms with E-state index < -0.39 is 6.10 Å². The summed E-state index contributed by atoms with van der Waals surface area (Å²) in [6.07, 6.45) is 17.2. The summed E-state index contributed by atoms with van der Waals surface area (Å²) < 4.78 is 5.85. The summed E-state index contributed by atoms with van der Waals surface area (Å²) >= 11 is 0. The third-order valence-corrected chi connectivity index (χ3v) is 5.06. The highest BCUT2D eigenvalue weighted by Gasteiger charge is 2.26. The van der Waals surface area contributed by atoms with Crippen LogP contribution in [0, 0.1) is 0 Å². The van der Waals surface area contributed by atoms with E-state index >= 15 is 0 Å². The van der Waals surface area contributed by atoms with Crippen LogP contribution in [0.2, 0.25) is 0 Å². The van der Waals surface area contributed by atoms with E-state index in [2.05, 4.69) is 13.8 Å². The first-order valence-electron chi connectivity index (χ1n) is 11.1. The fourth-order valence-electron chi connectivity index (χ4n) is 3.38.